The fraction of sp³-hybridized carbons (Fsp3) is 0.500. The van der Waals surface area contributed by atoms with E-state index in [0.29, 0.717) is 6.42 Å². The Bertz CT molecular complexity index is 408. The zero-order valence-electron chi connectivity index (χ0n) is 11.7. The smallest absolute Gasteiger partial charge is 0.239 e. The van der Waals surface area contributed by atoms with Crippen molar-refractivity contribution in [2.45, 2.75) is 25.4 Å². The largest absolute Gasteiger partial charge is 0.508 e. The SMILES string of the molecule is CSCC(C)N(C)C(=O)[C@H](N)Cc1ccc(O)cc1. The highest BCUT2D eigenvalue weighted by atomic mass is 32.2. The van der Waals surface area contributed by atoms with Crippen LogP contribution in [0.3, 0.4) is 0 Å². The lowest BCUT2D eigenvalue weighted by Gasteiger charge is -2.27. The molecule has 0 aliphatic rings. The Hall–Kier alpha value is -1.20. The summed E-state index contributed by atoms with van der Waals surface area (Å²) in [6.45, 7) is 2.02. The molecule has 1 unspecified atom stereocenters. The van der Waals surface area contributed by atoms with Gasteiger partial charge in [0.15, 0.2) is 0 Å². The van der Waals surface area contributed by atoms with Gasteiger partial charge in [-0.2, -0.15) is 11.8 Å². The molecule has 0 aliphatic carbocycles. The first kappa shape index (κ1) is 15.9. The summed E-state index contributed by atoms with van der Waals surface area (Å²) >= 11 is 1.71. The molecule has 1 amide bonds. The highest BCUT2D eigenvalue weighted by molar-refractivity contribution is 7.98. The average molecular weight is 282 g/mol. The van der Waals surface area contributed by atoms with Gasteiger partial charge in [0.25, 0.3) is 0 Å². The van der Waals surface area contributed by atoms with Gasteiger partial charge in [0, 0.05) is 18.8 Å². The number of aromatic hydroxyl groups is 1. The molecule has 106 valence electrons. The third-order valence-electron chi connectivity index (χ3n) is 3.13. The predicted octanol–water partition coefficient (Wildman–Crippen LogP) is 1.47. The fourth-order valence-electron chi connectivity index (χ4n) is 1.81. The number of hydrogen-bond acceptors (Lipinski definition) is 4. The summed E-state index contributed by atoms with van der Waals surface area (Å²) in [5, 5.41) is 9.21. The second kappa shape index (κ2) is 7.40. The first-order valence-electron chi connectivity index (χ1n) is 6.24. The van der Waals surface area contributed by atoms with Gasteiger partial charge in [0.2, 0.25) is 5.91 Å². The maximum atomic E-state index is 12.2. The predicted molar refractivity (Wildman–Crippen MR) is 80.4 cm³/mol. The molecular formula is C14H22N2O2S. The van der Waals surface area contributed by atoms with Gasteiger partial charge < -0.3 is 15.7 Å². The van der Waals surface area contributed by atoms with Crippen molar-refractivity contribution in [3.05, 3.63) is 29.8 Å². The van der Waals surface area contributed by atoms with Crippen molar-refractivity contribution in [2.24, 2.45) is 5.73 Å². The number of nitrogens with two attached hydrogens (primary N) is 1. The van der Waals surface area contributed by atoms with E-state index in [4.69, 9.17) is 5.73 Å². The molecule has 0 radical (unpaired) electrons. The molecule has 0 saturated carbocycles. The van der Waals surface area contributed by atoms with E-state index in [2.05, 4.69) is 0 Å². The van der Waals surface area contributed by atoms with E-state index in [1.165, 1.54) is 0 Å². The van der Waals surface area contributed by atoms with E-state index in [-0.39, 0.29) is 17.7 Å². The molecule has 3 N–H and O–H groups in total. The number of rotatable bonds is 6. The molecule has 1 rings (SSSR count). The molecule has 0 saturated heterocycles. The van der Waals surface area contributed by atoms with Gasteiger partial charge in [0.1, 0.15) is 5.75 Å². The van der Waals surface area contributed by atoms with Crippen LogP contribution in [0.25, 0.3) is 0 Å². The topological polar surface area (TPSA) is 66.6 Å². The Labute approximate surface area is 119 Å². The standard InChI is InChI=1S/C14H22N2O2S/c1-10(9-19-3)16(2)14(18)13(15)8-11-4-6-12(17)7-5-11/h4-7,10,13,17H,8-9,15H2,1-3H3/t10?,13-/m1/s1. The summed E-state index contributed by atoms with van der Waals surface area (Å²) in [6, 6.07) is 6.41. The zero-order valence-corrected chi connectivity index (χ0v) is 12.5. The molecule has 0 aliphatic heterocycles. The maximum Gasteiger partial charge on any atom is 0.239 e. The molecule has 0 fully saturated rings. The first-order chi connectivity index (χ1) is 8.95. The van der Waals surface area contributed by atoms with Crippen LogP contribution in [-0.4, -0.2) is 47.1 Å². The van der Waals surface area contributed by atoms with Crippen molar-refractivity contribution >= 4 is 17.7 Å². The van der Waals surface area contributed by atoms with Crippen LogP contribution in [0.15, 0.2) is 24.3 Å². The van der Waals surface area contributed by atoms with E-state index in [9.17, 15) is 9.90 Å². The van der Waals surface area contributed by atoms with Crippen molar-refractivity contribution in [2.75, 3.05) is 19.1 Å². The number of phenols is 1. The minimum atomic E-state index is -0.543. The zero-order chi connectivity index (χ0) is 14.4. The van der Waals surface area contributed by atoms with Crippen molar-refractivity contribution in [1.82, 2.24) is 4.90 Å². The van der Waals surface area contributed by atoms with E-state index in [1.807, 2.05) is 13.2 Å². The molecule has 19 heavy (non-hydrogen) atoms. The molecule has 2 atom stereocenters. The highest BCUT2D eigenvalue weighted by Crippen LogP contribution is 2.12. The Morgan fingerprint density at radius 3 is 2.53 bits per heavy atom. The third kappa shape index (κ3) is 4.76. The number of nitrogens with zero attached hydrogens (tertiary/aromatic N) is 1. The molecule has 0 spiro atoms. The lowest BCUT2D eigenvalue weighted by Crippen LogP contribution is -2.47. The molecule has 5 heteroatoms. The number of benzene rings is 1. The van der Waals surface area contributed by atoms with Crippen LogP contribution in [0.2, 0.25) is 0 Å². The highest BCUT2D eigenvalue weighted by Gasteiger charge is 2.21. The third-order valence-corrected chi connectivity index (χ3v) is 3.94. The van der Waals surface area contributed by atoms with Crippen LogP contribution in [0.5, 0.6) is 5.75 Å². The monoisotopic (exact) mass is 282 g/mol. The fourth-order valence-corrected chi connectivity index (χ4v) is 2.51. The molecule has 1 aromatic carbocycles. The molecular weight excluding hydrogens is 260 g/mol. The number of amides is 1. The molecule has 4 nitrogen and oxygen atoms in total. The van der Waals surface area contributed by atoms with E-state index >= 15 is 0 Å². The normalized spacial score (nSPS) is 13.9. The number of hydrogen-bond donors (Lipinski definition) is 2. The van der Waals surface area contributed by atoms with Gasteiger partial charge in [-0.05, 0) is 37.3 Å². The lowest BCUT2D eigenvalue weighted by atomic mass is 10.1. The van der Waals surface area contributed by atoms with Crippen LogP contribution < -0.4 is 5.73 Å². The average Bonchev–Trinajstić information content (AvgIpc) is 2.39. The quantitative estimate of drug-likeness (QED) is 0.829. The van der Waals surface area contributed by atoms with Crippen molar-refractivity contribution in [1.29, 1.82) is 0 Å². The summed E-state index contributed by atoms with van der Waals surface area (Å²) in [6.07, 6.45) is 2.50. The molecule has 0 bridgehead atoms. The minimum absolute atomic E-state index is 0.0466. The Morgan fingerprint density at radius 1 is 1.42 bits per heavy atom. The van der Waals surface area contributed by atoms with Gasteiger partial charge in [0.05, 0.1) is 6.04 Å². The number of thioether (sulfide) groups is 1. The Morgan fingerprint density at radius 2 is 2.00 bits per heavy atom. The number of carbonyl (C=O) groups excluding carboxylic acids is 1. The number of likely N-dealkylation sites (N-methyl/N-ethyl adjacent to an activating group) is 1. The molecule has 0 heterocycles. The number of phenolic OH excluding ortho intramolecular Hbond substituents is 1. The van der Waals surface area contributed by atoms with Crippen molar-refractivity contribution in [3.8, 4) is 5.75 Å². The van der Waals surface area contributed by atoms with Crippen LogP contribution >= 0.6 is 11.8 Å². The summed E-state index contributed by atoms with van der Waals surface area (Å²) in [4.78, 5) is 13.9. The van der Waals surface area contributed by atoms with Gasteiger partial charge >= 0.3 is 0 Å². The molecule has 1 aromatic rings. The summed E-state index contributed by atoms with van der Waals surface area (Å²) in [5.41, 5.74) is 6.91. The minimum Gasteiger partial charge on any atom is -0.508 e. The van der Waals surface area contributed by atoms with Crippen molar-refractivity contribution < 1.29 is 9.90 Å². The van der Waals surface area contributed by atoms with Gasteiger partial charge in [-0.15, -0.1) is 0 Å². The van der Waals surface area contributed by atoms with E-state index < -0.39 is 6.04 Å². The van der Waals surface area contributed by atoms with Gasteiger partial charge in [-0.3, -0.25) is 4.79 Å². The van der Waals surface area contributed by atoms with E-state index in [0.717, 1.165) is 11.3 Å². The van der Waals surface area contributed by atoms with Crippen LogP contribution in [0.4, 0.5) is 0 Å². The maximum absolute atomic E-state index is 12.2. The second-order valence-corrected chi connectivity index (χ2v) is 5.64. The molecule has 0 aromatic heterocycles. The second-order valence-electron chi connectivity index (χ2n) is 4.73. The summed E-state index contributed by atoms with van der Waals surface area (Å²) in [7, 11) is 1.79. The Kier molecular flexibility index (Phi) is 6.18. The lowest BCUT2D eigenvalue weighted by molar-refractivity contribution is -0.132. The van der Waals surface area contributed by atoms with E-state index in [1.54, 1.807) is 48.0 Å². The Balaban J connectivity index is 2.59. The van der Waals surface area contributed by atoms with Crippen LogP contribution in [-0.2, 0) is 11.2 Å². The number of carbonyl (C=O) groups is 1. The van der Waals surface area contributed by atoms with Gasteiger partial charge in [-0.25, -0.2) is 0 Å². The van der Waals surface area contributed by atoms with Gasteiger partial charge in [-0.1, -0.05) is 12.1 Å². The van der Waals surface area contributed by atoms with Crippen LogP contribution in [0.1, 0.15) is 12.5 Å². The first-order valence-corrected chi connectivity index (χ1v) is 7.64. The van der Waals surface area contributed by atoms with Crippen molar-refractivity contribution in [3.63, 3.8) is 0 Å². The summed E-state index contributed by atoms with van der Waals surface area (Å²) < 4.78 is 0. The van der Waals surface area contributed by atoms with Crippen LogP contribution in [0, 0.1) is 0 Å². The summed E-state index contributed by atoms with van der Waals surface area (Å²) in [5.74, 6) is 1.07.